The van der Waals surface area contributed by atoms with E-state index in [9.17, 15) is 5.11 Å². The summed E-state index contributed by atoms with van der Waals surface area (Å²) < 4.78 is 11.1. The Morgan fingerprint density at radius 2 is 2.22 bits per heavy atom. The summed E-state index contributed by atoms with van der Waals surface area (Å²) >= 11 is 0. The lowest BCUT2D eigenvalue weighted by molar-refractivity contribution is -0.0284. The van der Waals surface area contributed by atoms with Gasteiger partial charge in [0, 0.05) is 38.3 Å². The van der Waals surface area contributed by atoms with Gasteiger partial charge in [0.1, 0.15) is 11.5 Å². The summed E-state index contributed by atoms with van der Waals surface area (Å²) in [4.78, 5) is 7.04. The summed E-state index contributed by atoms with van der Waals surface area (Å²) in [6.45, 7) is 12.1. The summed E-state index contributed by atoms with van der Waals surface area (Å²) in [6, 6.07) is 5.16. The Morgan fingerprint density at radius 3 is 2.93 bits per heavy atom. The molecular weight excluding hydrogens is 344 g/mol. The van der Waals surface area contributed by atoms with E-state index in [2.05, 4.69) is 34.4 Å². The Bertz CT molecular complexity index is 607. The van der Waals surface area contributed by atoms with Gasteiger partial charge in [0.25, 0.3) is 0 Å². The van der Waals surface area contributed by atoms with Crippen molar-refractivity contribution in [3.05, 3.63) is 23.8 Å². The molecule has 0 spiro atoms. The second kappa shape index (κ2) is 11.0. The first kappa shape index (κ1) is 21.3. The minimum Gasteiger partial charge on any atom is -0.508 e. The molecule has 0 saturated carbocycles. The second-order valence-electron chi connectivity index (χ2n) is 7.22. The highest BCUT2D eigenvalue weighted by Crippen LogP contribution is 2.23. The van der Waals surface area contributed by atoms with Crippen molar-refractivity contribution in [2.75, 3.05) is 46.4 Å². The first-order chi connectivity index (χ1) is 13.0. The number of guanidine groups is 1. The highest BCUT2D eigenvalue weighted by Gasteiger charge is 2.21. The predicted molar refractivity (Wildman–Crippen MR) is 108 cm³/mol. The Morgan fingerprint density at radius 1 is 1.41 bits per heavy atom. The summed E-state index contributed by atoms with van der Waals surface area (Å²) in [6.07, 6.45) is 0.145. The number of phenols is 1. The van der Waals surface area contributed by atoms with Crippen LogP contribution in [-0.4, -0.2) is 68.5 Å². The Kier molecular flexibility index (Phi) is 8.67. The molecule has 0 amide bonds. The number of aliphatic imine (C=N–C) groups is 1. The van der Waals surface area contributed by atoms with Gasteiger partial charge in [-0.3, -0.25) is 4.90 Å². The highest BCUT2D eigenvalue weighted by atomic mass is 16.5. The fourth-order valence-electron chi connectivity index (χ4n) is 3.12. The first-order valence-corrected chi connectivity index (χ1v) is 9.73. The molecule has 27 heavy (non-hydrogen) atoms. The molecule has 7 nitrogen and oxygen atoms in total. The molecule has 1 fully saturated rings. The van der Waals surface area contributed by atoms with Gasteiger partial charge in [0.2, 0.25) is 0 Å². The van der Waals surface area contributed by atoms with Gasteiger partial charge < -0.3 is 25.2 Å². The molecule has 1 aliphatic heterocycles. The third-order valence-electron chi connectivity index (χ3n) is 4.38. The SMILES string of the molecule is CCNC(=NCc1cc(OC)ccc1O)NCC1CN(CC(C)C)CCO1. The fourth-order valence-corrected chi connectivity index (χ4v) is 3.12. The molecule has 0 radical (unpaired) electrons. The summed E-state index contributed by atoms with van der Waals surface area (Å²) in [7, 11) is 1.61. The molecule has 1 aromatic carbocycles. The average molecular weight is 379 g/mol. The van der Waals surface area contributed by atoms with Crippen LogP contribution in [0.5, 0.6) is 11.5 Å². The van der Waals surface area contributed by atoms with Crippen LogP contribution in [0.2, 0.25) is 0 Å². The smallest absolute Gasteiger partial charge is 0.191 e. The molecule has 0 bridgehead atoms. The van der Waals surface area contributed by atoms with Crippen LogP contribution < -0.4 is 15.4 Å². The van der Waals surface area contributed by atoms with Crippen molar-refractivity contribution in [2.45, 2.75) is 33.4 Å². The molecule has 0 aliphatic carbocycles. The van der Waals surface area contributed by atoms with Crippen LogP contribution in [0.3, 0.4) is 0 Å². The highest BCUT2D eigenvalue weighted by molar-refractivity contribution is 5.79. The van der Waals surface area contributed by atoms with Gasteiger partial charge in [-0.25, -0.2) is 4.99 Å². The molecule has 7 heteroatoms. The standard InChI is InChI=1S/C20H34N4O3/c1-5-21-20(22-11-16-10-17(26-4)6-7-19(16)25)23-12-18-14-24(8-9-27-18)13-15(2)3/h6-7,10,15,18,25H,5,8-9,11-14H2,1-4H3,(H2,21,22,23). The maximum Gasteiger partial charge on any atom is 0.191 e. The molecule has 1 heterocycles. The van der Waals surface area contributed by atoms with E-state index in [0.717, 1.165) is 38.3 Å². The van der Waals surface area contributed by atoms with Gasteiger partial charge in [-0.05, 0) is 31.0 Å². The fraction of sp³-hybridized carbons (Fsp3) is 0.650. The molecule has 2 rings (SSSR count). The van der Waals surface area contributed by atoms with E-state index in [4.69, 9.17) is 9.47 Å². The molecule has 152 valence electrons. The maximum atomic E-state index is 10.0. The Labute approximate surface area is 162 Å². The predicted octanol–water partition coefficient (Wildman–Crippen LogP) is 1.81. The topological polar surface area (TPSA) is 78.4 Å². The van der Waals surface area contributed by atoms with Crippen LogP contribution in [0.25, 0.3) is 0 Å². The number of phenolic OH excluding ortho intramolecular Hbond substituents is 1. The van der Waals surface area contributed by atoms with Crippen molar-refractivity contribution in [1.82, 2.24) is 15.5 Å². The summed E-state index contributed by atoms with van der Waals surface area (Å²) in [5.74, 6) is 2.29. The van der Waals surface area contributed by atoms with Crippen LogP contribution in [0, 0.1) is 5.92 Å². The minimum absolute atomic E-state index is 0.145. The number of aromatic hydroxyl groups is 1. The zero-order chi connectivity index (χ0) is 19.6. The van der Waals surface area contributed by atoms with Crippen LogP contribution in [-0.2, 0) is 11.3 Å². The van der Waals surface area contributed by atoms with Gasteiger partial charge in [-0.1, -0.05) is 13.8 Å². The van der Waals surface area contributed by atoms with Gasteiger partial charge in [-0.2, -0.15) is 0 Å². The van der Waals surface area contributed by atoms with Crippen LogP contribution in [0.1, 0.15) is 26.3 Å². The van der Waals surface area contributed by atoms with E-state index in [1.165, 1.54) is 0 Å². The van der Waals surface area contributed by atoms with Crippen molar-refractivity contribution in [3.8, 4) is 11.5 Å². The number of hydrogen-bond donors (Lipinski definition) is 3. The summed E-state index contributed by atoms with van der Waals surface area (Å²) in [5.41, 5.74) is 0.726. The van der Waals surface area contributed by atoms with E-state index in [1.807, 2.05) is 6.92 Å². The molecule has 1 aliphatic rings. The van der Waals surface area contributed by atoms with E-state index in [1.54, 1.807) is 25.3 Å². The van der Waals surface area contributed by atoms with Crippen LogP contribution in [0.4, 0.5) is 0 Å². The monoisotopic (exact) mass is 378 g/mol. The zero-order valence-corrected chi connectivity index (χ0v) is 17.0. The lowest BCUT2D eigenvalue weighted by Gasteiger charge is -2.34. The quantitative estimate of drug-likeness (QED) is 0.473. The van der Waals surface area contributed by atoms with Crippen LogP contribution in [0.15, 0.2) is 23.2 Å². The molecule has 1 unspecified atom stereocenters. The molecule has 3 N–H and O–H groups in total. The molecule has 0 aromatic heterocycles. The number of ether oxygens (including phenoxy) is 2. The lowest BCUT2D eigenvalue weighted by atomic mass is 10.2. The molecule has 1 saturated heterocycles. The van der Waals surface area contributed by atoms with Crippen molar-refractivity contribution < 1.29 is 14.6 Å². The third kappa shape index (κ3) is 7.27. The Hall–Kier alpha value is -1.99. The van der Waals surface area contributed by atoms with E-state index >= 15 is 0 Å². The van der Waals surface area contributed by atoms with E-state index in [-0.39, 0.29) is 11.9 Å². The van der Waals surface area contributed by atoms with Crippen molar-refractivity contribution in [2.24, 2.45) is 10.9 Å². The van der Waals surface area contributed by atoms with Gasteiger partial charge in [-0.15, -0.1) is 0 Å². The van der Waals surface area contributed by atoms with Gasteiger partial charge >= 0.3 is 0 Å². The van der Waals surface area contributed by atoms with Crippen molar-refractivity contribution in [3.63, 3.8) is 0 Å². The zero-order valence-electron chi connectivity index (χ0n) is 17.0. The first-order valence-electron chi connectivity index (χ1n) is 9.73. The largest absolute Gasteiger partial charge is 0.508 e. The minimum atomic E-state index is 0.145. The van der Waals surface area contributed by atoms with Crippen LogP contribution >= 0.6 is 0 Å². The Balaban J connectivity index is 1.92. The molecule has 1 atom stereocenters. The third-order valence-corrected chi connectivity index (χ3v) is 4.38. The van der Waals surface area contributed by atoms with Gasteiger partial charge in [0.15, 0.2) is 5.96 Å². The maximum absolute atomic E-state index is 10.0. The van der Waals surface area contributed by atoms with Crippen molar-refractivity contribution in [1.29, 1.82) is 0 Å². The van der Waals surface area contributed by atoms with Crippen molar-refractivity contribution >= 4 is 5.96 Å². The number of rotatable bonds is 8. The lowest BCUT2D eigenvalue weighted by Crippen LogP contribution is -2.50. The number of morpholine rings is 1. The molecule has 1 aromatic rings. The van der Waals surface area contributed by atoms with Gasteiger partial charge in [0.05, 0.1) is 26.4 Å². The number of nitrogens with zero attached hydrogens (tertiary/aromatic N) is 2. The van der Waals surface area contributed by atoms with E-state index < -0.39 is 0 Å². The number of nitrogens with one attached hydrogen (secondary N) is 2. The normalized spacial score (nSPS) is 18.6. The molecular formula is C20H34N4O3. The summed E-state index contributed by atoms with van der Waals surface area (Å²) in [5, 5.41) is 16.6. The number of hydrogen-bond acceptors (Lipinski definition) is 5. The average Bonchev–Trinajstić information content (AvgIpc) is 2.65. The number of methoxy groups -OCH3 is 1. The number of benzene rings is 1. The van der Waals surface area contributed by atoms with E-state index in [0.29, 0.717) is 30.7 Å². The second-order valence-corrected chi connectivity index (χ2v) is 7.22.